The van der Waals surface area contributed by atoms with E-state index in [1.165, 1.54) is 25.7 Å². The largest absolute Gasteiger partial charge is 0.335 e. The lowest BCUT2D eigenvalue weighted by atomic mass is 10.1. The highest BCUT2D eigenvalue weighted by atomic mass is 15.0. The Morgan fingerprint density at radius 2 is 2.25 bits per heavy atom. The van der Waals surface area contributed by atoms with Gasteiger partial charge in [-0.15, -0.1) is 0 Å². The van der Waals surface area contributed by atoms with E-state index in [0.717, 1.165) is 18.9 Å². The van der Waals surface area contributed by atoms with Gasteiger partial charge in [0.05, 0.1) is 0 Å². The molecular formula is C13H25N3. The van der Waals surface area contributed by atoms with E-state index in [9.17, 15) is 0 Å². The third-order valence-corrected chi connectivity index (χ3v) is 2.95. The zero-order valence-electron chi connectivity index (χ0n) is 10.9. The van der Waals surface area contributed by atoms with Crippen LogP contribution in [0.3, 0.4) is 0 Å². The Morgan fingerprint density at radius 3 is 2.88 bits per heavy atom. The zero-order chi connectivity index (χ0) is 11.8. The molecule has 0 aromatic carbocycles. The average Bonchev–Trinajstić information content (AvgIpc) is 2.67. The smallest absolute Gasteiger partial charge is 0.105 e. The van der Waals surface area contributed by atoms with Crippen LogP contribution in [-0.4, -0.2) is 22.1 Å². The molecule has 0 fully saturated rings. The molecule has 0 saturated heterocycles. The van der Waals surface area contributed by atoms with E-state index in [1.54, 1.807) is 0 Å². The summed E-state index contributed by atoms with van der Waals surface area (Å²) >= 11 is 0. The minimum Gasteiger partial charge on any atom is -0.335 e. The molecule has 16 heavy (non-hydrogen) atoms. The van der Waals surface area contributed by atoms with Crippen molar-refractivity contribution in [3.63, 3.8) is 0 Å². The summed E-state index contributed by atoms with van der Waals surface area (Å²) in [6, 6.07) is 0.656. The Morgan fingerprint density at radius 1 is 1.44 bits per heavy atom. The summed E-state index contributed by atoms with van der Waals surface area (Å²) < 4.78 is 2.23. The molecule has 1 unspecified atom stereocenters. The molecule has 1 N–H and O–H groups in total. The molecule has 1 heterocycles. The Hall–Kier alpha value is -0.830. The van der Waals surface area contributed by atoms with E-state index < -0.39 is 0 Å². The van der Waals surface area contributed by atoms with Gasteiger partial charge in [0.15, 0.2) is 0 Å². The molecule has 1 rings (SSSR count). The van der Waals surface area contributed by atoms with Crippen molar-refractivity contribution in [2.75, 3.05) is 6.54 Å². The second kappa shape index (κ2) is 7.44. The van der Waals surface area contributed by atoms with Crippen molar-refractivity contribution in [3.05, 3.63) is 18.2 Å². The Bertz CT molecular complexity index is 280. The molecule has 3 nitrogen and oxygen atoms in total. The standard InChI is InChI=1S/C13H25N3/c1-4-8-14-12(2)7-5-6-10-16-11-9-15-13(16)3/h9,11-12,14H,4-8,10H2,1-3H3. The molecule has 0 saturated carbocycles. The molecule has 0 aliphatic heterocycles. The third-order valence-electron chi connectivity index (χ3n) is 2.95. The fourth-order valence-electron chi connectivity index (χ4n) is 1.87. The number of hydrogen-bond donors (Lipinski definition) is 1. The maximum Gasteiger partial charge on any atom is 0.105 e. The van der Waals surface area contributed by atoms with Gasteiger partial charge in [-0.25, -0.2) is 4.98 Å². The SMILES string of the molecule is CCCNC(C)CCCCn1ccnc1C. The highest BCUT2D eigenvalue weighted by molar-refractivity contribution is 4.87. The fraction of sp³-hybridized carbons (Fsp3) is 0.769. The summed E-state index contributed by atoms with van der Waals surface area (Å²) in [4.78, 5) is 4.22. The molecular weight excluding hydrogens is 198 g/mol. The lowest BCUT2D eigenvalue weighted by Gasteiger charge is -2.13. The van der Waals surface area contributed by atoms with Gasteiger partial charge in [-0.1, -0.05) is 13.3 Å². The summed E-state index contributed by atoms with van der Waals surface area (Å²) in [5.41, 5.74) is 0. The number of unbranched alkanes of at least 4 members (excludes halogenated alkanes) is 1. The first-order chi connectivity index (χ1) is 7.74. The number of aromatic nitrogens is 2. The first-order valence-corrected chi connectivity index (χ1v) is 6.45. The molecule has 0 aliphatic rings. The van der Waals surface area contributed by atoms with Crippen LogP contribution in [0.4, 0.5) is 0 Å². The molecule has 3 heteroatoms. The van der Waals surface area contributed by atoms with Crippen LogP contribution in [0.1, 0.15) is 45.4 Å². The van der Waals surface area contributed by atoms with Gasteiger partial charge in [-0.3, -0.25) is 0 Å². The van der Waals surface area contributed by atoms with Crippen molar-refractivity contribution < 1.29 is 0 Å². The van der Waals surface area contributed by atoms with Crippen LogP contribution < -0.4 is 5.32 Å². The minimum absolute atomic E-state index is 0.656. The number of imidazole rings is 1. The van der Waals surface area contributed by atoms with Gasteiger partial charge in [-0.05, 0) is 39.7 Å². The molecule has 1 aromatic heterocycles. The average molecular weight is 223 g/mol. The van der Waals surface area contributed by atoms with Crippen LogP contribution in [0.2, 0.25) is 0 Å². The van der Waals surface area contributed by atoms with Gasteiger partial charge < -0.3 is 9.88 Å². The summed E-state index contributed by atoms with van der Waals surface area (Å²) in [6.45, 7) is 8.79. The monoisotopic (exact) mass is 223 g/mol. The van der Waals surface area contributed by atoms with Crippen molar-refractivity contribution in [3.8, 4) is 0 Å². The van der Waals surface area contributed by atoms with Crippen molar-refractivity contribution in [2.45, 2.75) is 59.0 Å². The normalized spacial score (nSPS) is 12.9. The topological polar surface area (TPSA) is 29.9 Å². The quantitative estimate of drug-likeness (QED) is 0.687. The molecule has 1 aromatic rings. The van der Waals surface area contributed by atoms with Gasteiger partial charge in [0.1, 0.15) is 5.82 Å². The predicted octanol–water partition coefficient (Wildman–Crippen LogP) is 2.75. The minimum atomic E-state index is 0.656. The molecule has 0 bridgehead atoms. The lowest BCUT2D eigenvalue weighted by molar-refractivity contribution is 0.474. The predicted molar refractivity (Wildman–Crippen MR) is 68.6 cm³/mol. The van der Waals surface area contributed by atoms with E-state index >= 15 is 0 Å². The highest BCUT2D eigenvalue weighted by Crippen LogP contribution is 2.04. The van der Waals surface area contributed by atoms with Crippen LogP contribution in [0, 0.1) is 6.92 Å². The van der Waals surface area contributed by atoms with Gasteiger partial charge >= 0.3 is 0 Å². The number of nitrogens with one attached hydrogen (secondary N) is 1. The van der Waals surface area contributed by atoms with Gasteiger partial charge in [0.25, 0.3) is 0 Å². The second-order valence-electron chi connectivity index (χ2n) is 4.52. The number of hydrogen-bond acceptors (Lipinski definition) is 2. The summed E-state index contributed by atoms with van der Waals surface area (Å²) in [7, 11) is 0. The number of aryl methyl sites for hydroxylation is 2. The Labute approximate surface area is 99.3 Å². The van der Waals surface area contributed by atoms with Crippen molar-refractivity contribution in [2.24, 2.45) is 0 Å². The van der Waals surface area contributed by atoms with Crippen LogP contribution >= 0.6 is 0 Å². The van der Waals surface area contributed by atoms with Crippen molar-refractivity contribution >= 4 is 0 Å². The number of nitrogens with zero attached hydrogens (tertiary/aromatic N) is 2. The second-order valence-corrected chi connectivity index (χ2v) is 4.52. The molecule has 0 aliphatic carbocycles. The van der Waals surface area contributed by atoms with Crippen LogP contribution in [-0.2, 0) is 6.54 Å². The Balaban J connectivity index is 2.06. The summed E-state index contributed by atoms with van der Waals surface area (Å²) in [5.74, 6) is 1.12. The van der Waals surface area contributed by atoms with E-state index in [1.807, 2.05) is 6.20 Å². The van der Waals surface area contributed by atoms with E-state index in [-0.39, 0.29) is 0 Å². The van der Waals surface area contributed by atoms with Gasteiger partial charge in [-0.2, -0.15) is 0 Å². The van der Waals surface area contributed by atoms with Crippen LogP contribution in [0.25, 0.3) is 0 Å². The lowest BCUT2D eigenvalue weighted by Crippen LogP contribution is -2.26. The Kier molecular flexibility index (Phi) is 6.16. The van der Waals surface area contributed by atoms with E-state index in [2.05, 4.69) is 41.8 Å². The first-order valence-electron chi connectivity index (χ1n) is 6.45. The first kappa shape index (κ1) is 13.2. The van der Waals surface area contributed by atoms with Crippen molar-refractivity contribution in [1.82, 2.24) is 14.9 Å². The molecule has 0 radical (unpaired) electrons. The zero-order valence-corrected chi connectivity index (χ0v) is 10.9. The van der Waals surface area contributed by atoms with Crippen LogP contribution in [0.5, 0.6) is 0 Å². The molecule has 1 atom stereocenters. The fourth-order valence-corrected chi connectivity index (χ4v) is 1.87. The van der Waals surface area contributed by atoms with Crippen molar-refractivity contribution in [1.29, 1.82) is 0 Å². The number of rotatable bonds is 8. The summed E-state index contributed by atoms with van der Waals surface area (Å²) in [6.07, 6.45) is 8.96. The van der Waals surface area contributed by atoms with E-state index in [4.69, 9.17) is 0 Å². The third kappa shape index (κ3) is 4.79. The molecule has 0 amide bonds. The maximum atomic E-state index is 4.22. The van der Waals surface area contributed by atoms with E-state index in [0.29, 0.717) is 6.04 Å². The van der Waals surface area contributed by atoms with Crippen LogP contribution in [0.15, 0.2) is 12.4 Å². The van der Waals surface area contributed by atoms with Gasteiger partial charge in [0, 0.05) is 25.0 Å². The van der Waals surface area contributed by atoms with Gasteiger partial charge in [0.2, 0.25) is 0 Å². The molecule has 92 valence electrons. The highest BCUT2D eigenvalue weighted by Gasteiger charge is 2.00. The summed E-state index contributed by atoms with van der Waals surface area (Å²) in [5, 5.41) is 3.52. The maximum absolute atomic E-state index is 4.22. The molecule has 0 spiro atoms.